The van der Waals surface area contributed by atoms with Gasteiger partial charge in [0.1, 0.15) is 0 Å². The van der Waals surface area contributed by atoms with Crippen LogP contribution in [0.5, 0.6) is 0 Å². The topological polar surface area (TPSA) is 32.3 Å². The van der Waals surface area contributed by atoms with Gasteiger partial charge in [0.25, 0.3) is 0 Å². The highest BCUT2D eigenvalue weighted by Crippen LogP contribution is 2.55. The molecule has 24 heavy (non-hydrogen) atoms. The molecule has 0 aromatic heterocycles. The number of nitrogens with one attached hydrogen (secondary N) is 1. The standard InChI is InChI=1S/C21H28N2O/c24-20(23-6-5-18-3-1-2-4-19(18)14-23)13-22-21-10-15-7-16(11-21)9-17(8-15)12-21/h1-4,15-17,22H,5-14H2. The molecule has 0 unspecified atom stereocenters. The summed E-state index contributed by atoms with van der Waals surface area (Å²) in [4.78, 5) is 14.8. The van der Waals surface area contributed by atoms with Gasteiger partial charge in [0.2, 0.25) is 5.91 Å². The third-order valence-corrected chi connectivity index (χ3v) is 7.14. The van der Waals surface area contributed by atoms with E-state index >= 15 is 0 Å². The number of hydrogen-bond acceptors (Lipinski definition) is 2. The number of amides is 1. The number of fused-ring (bicyclic) bond motifs is 1. The Labute approximate surface area is 144 Å². The third kappa shape index (κ3) is 2.57. The second-order valence-corrected chi connectivity index (χ2v) is 8.89. The molecule has 6 rings (SSSR count). The molecule has 4 aliphatic carbocycles. The van der Waals surface area contributed by atoms with Crippen molar-refractivity contribution in [3.8, 4) is 0 Å². The maximum Gasteiger partial charge on any atom is 0.236 e. The molecule has 3 nitrogen and oxygen atoms in total. The van der Waals surface area contributed by atoms with Crippen molar-refractivity contribution in [1.82, 2.24) is 10.2 Å². The van der Waals surface area contributed by atoms with E-state index in [9.17, 15) is 4.79 Å². The lowest BCUT2D eigenvalue weighted by molar-refractivity contribution is -0.132. The van der Waals surface area contributed by atoms with Crippen molar-refractivity contribution in [2.45, 2.75) is 57.0 Å². The van der Waals surface area contributed by atoms with E-state index in [0.29, 0.717) is 12.5 Å². The van der Waals surface area contributed by atoms with Crippen LogP contribution in [0.1, 0.15) is 49.7 Å². The molecule has 128 valence electrons. The molecule has 3 heteroatoms. The minimum atomic E-state index is 0.290. The molecular weight excluding hydrogens is 296 g/mol. The van der Waals surface area contributed by atoms with E-state index in [2.05, 4.69) is 34.5 Å². The van der Waals surface area contributed by atoms with Crippen LogP contribution in [0, 0.1) is 17.8 Å². The maximum absolute atomic E-state index is 12.8. The summed E-state index contributed by atoms with van der Waals surface area (Å²) < 4.78 is 0. The highest BCUT2D eigenvalue weighted by molar-refractivity contribution is 5.78. The summed E-state index contributed by atoms with van der Waals surface area (Å²) in [6.45, 7) is 2.20. The Hall–Kier alpha value is -1.35. The summed E-state index contributed by atoms with van der Waals surface area (Å²) >= 11 is 0. The molecule has 1 aliphatic heterocycles. The van der Waals surface area contributed by atoms with Crippen LogP contribution in [-0.4, -0.2) is 29.4 Å². The number of nitrogens with zero attached hydrogens (tertiary/aromatic N) is 1. The fourth-order valence-electron chi connectivity index (χ4n) is 6.41. The zero-order chi connectivity index (χ0) is 16.1. The predicted octanol–water partition coefficient (Wildman–Crippen LogP) is 3.13. The molecule has 0 radical (unpaired) electrons. The molecule has 4 fully saturated rings. The number of carbonyl (C=O) groups excluding carboxylic acids is 1. The largest absolute Gasteiger partial charge is 0.337 e. The second kappa shape index (κ2) is 5.59. The van der Waals surface area contributed by atoms with Crippen LogP contribution in [0.3, 0.4) is 0 Å². The van der Waals surface area contributed by atoms with Crippen molar-refractivity contribution in [3.63, 3.8) is 0 Å². The van der Waals surface area contributed by atoms with E-state index in [1.807, 2.05) is 0 Å². The maximum atomic E-state index is 12.8. The van der Waals surface area contributed by atoms with Gasteiger partial charge in [-0.25, -0.2) is 0 Å². The van der Waals surface area contributed by atoms with Crippen molar-refractivity contribution >= 4 is 5.91 Å². The van der Waals surface area contributed by atoms with Crippen molar-refractivity contribution in [2.24, 2.45) is 17.8 Å². The van der Waals surface area contributed by atoms with E-state index in [1.165, 1.54) is 49.7 Å². The zero-order valence-corrected chi connectivity index (χ0v) is 14.5. The summed E-state index contributed by atoms with van der Waals surface area (Å²) in [6, 6.07) is 8.55. The molecule has 0 atom stereocenters. The van der Waals surface area contributed by atoms with Crippen molar-refractivity contribution < 1.29 is 4.79 Å². The lowest BCUT2D eigenvalue weighted by atomic mass is 9.53. The highest BCUT2D eigenvalue weighted by Gasteiger charge is 2.50. The van der Waals surface area contributed by atoms with Gasteiger partial charge in [0.15, 0.2) is 0 Å². The van der Waals surface area contributed by atoms with E-state index in [0.717, 1.165) is 37.3 Å². The van der Waals surface area contributed by atoms with Crippen LogP contribution >= 0.6 is 0 Å². The number of benzene rings is 1. The Morgan fingerprint density at radius 1 is 1.04 bits per heavy atom. The first-order valence-electron chi connectivity index (χ1n) is 9.79. The average molecular weight is 324 g/mol. The SMILES string of the molecule is O=C(CNC12CC3CC(CC(C3)C1)C2)N1CCc2ccccc2C1. The molecular formula is C21H28N2O. The number of hydrogen-bond donors (Lipinski definition) is 1. The quantitative estimate of drug-likeness (QED) is 0.926. The van der Waals surface area contributed by atoms with E-state index in [1.54, 1.807) is 0 Å². The average Bonchev–Trinajstić information content (AvgIpc) is 2.58. The summed E-state index contributed by atoms with van der Waals surface area (Å²) in [5, 5.41) is 3.76. The molecule has 1 heterocycles. The molecule has 1 aromatic carbocycles. The minimum absolute atomic E-state index is 0.290. The van der Waals surface area contributed by atoms with Crippen LogP contribution in [-0.2, 0) is 17.8 Å². The Kier molecular flexibility index (Phi) is 3.48. The predicted molar refractivity (Wildman–Crippen MR) is 94.5 cm³/mol. The summed E-state index contributed by atoms with van der Waals surface area (Å²) in [5.74, 6) is 3.09. The summed E-state index contributed by atoms with van der Waals surface area (Å²) in [7, 11) is 0. The van der Waals surface area contributed by atoms with Crippen LogP contribution in [0.4, 0.5) is 0 Å². The zero-order valence-electron chi connectivity index (χ0n) is 14.5. The van der Waals surface area contributed by atoms with Crippen molar-refractivity contribution in [1.29, 1.82) is 0 Å². The van der Waals surface area contributed by atoms with Gasteiger partial charge in [-0.1, -0.05) is 24.3 Å². The van der Waals surface area contributed by atoms with Crippen molar-refractivity contribution in [3.05, 3.63) is 35.4 Å². The lowest BCUT2D eigenvalue weighted by Crippen LogP contribution is -2.60. The van der Waals surface area contributed by atoms with Gasteiger partial charge < -0.3 is 10.2 Å². The molecule has 5 aliphatic rings. The lowest BCUT2D eigenvalue weighted by Gasteiger charge is -2.57. The summed E-state index contributed by atoms with van der Waals surface area (Å²) in [5.41, 5.74) is 3.03. The van der Waals surface area contributed by atoms with Gasteiger partial charge in [-0.05, 0) is 73.8 Å². The Bertz CT molecular complexity index is 618. The van der Waals surface area contributed by atoms with Gasteiger partial charge in [-0.2, -0.15) is 0 Å². The fourth-order valence-corrected chi connectivity index (χ4v) is 6.41. The fraction of sp³-hybridized carbons (Fsp3) is 0.667. The molecule has 0 saturated heterocycles. The highest BCUT2D eigenvalue weighted by atomic mass is 16.2. The molecule has 4 bridgehead atoms. The monoisotopic (exact) mass is 324 g/mol. The van der Waals surface area contributed by atoms with Crippen LogP contribution in [0.2, 0.25) is 0 Å². The van der Waals surface area contributed by atoms with Gasteiger partial charge >= 0.3 is 0 Å². The van der Waals surface area contributed by atoms with Crippen LogP contribution in [0.15, 0.2) is 24.3 Å². The van der Waals surface area contributed by atoms with Crippen LogP contribution < -0.4 is 5.32 Å². The minimum Gasteiger partial charge on any atom is -0.337 e. The van der Waals surface area contributed by atoms with Crippen molar-refractivity contribution in [2.75, 3.05) is 13.1 Å². The van der Waals surface area contributed by atoms with E-state index < -0.39 is 0 Å². The molecule has 0 spiro atoms. The van der Waals surface area contributed by atoms with E-state index in [4.69, 9.17) is 0 Å². The van der Waals surface area contributed by atoms with Gasteiger partial charge in [0.05, 0.1) is 6.54 Å². The van der Waals surface area contributed by atoms with Gasteiger partial charge in [0, 0.05) is 18.6 Å². The molecule has 1 amide bonds. The van der Waals surface area contributed by atoms with E-state index in [-0.39, 0.29) is 5.54 Å². The van der Waals surface area contributed by atoms with Gasteiger partial charge in [-0.3, -0.25) is 4.79 Å². The Morgan fingerprint density at radius 2 is 1.67 bits per heavy atom. The Balaban J connectivity index is 1.22. The Morgan fingerprint density at radius 3 is 2.33 bits per heavy atom. The molecule has 4 saturated carbocycles. The third-order valence-electron chi connectivity index (χ3n) is 7.14. The number of carbonyl (C=O) groups is 1. The first-order chi connectivity index (χ1) is 11.7. The smallest absolute Gasteiger partial charge is 0.236 e. The second-order valence-electron chi connectivity index (χ2n) is 8.89. The first-order valence-corrected chi connectivity index (χ1v) is 9.79. The first kappa shape index (κ1) is 14.9. The van der Waals surface area contributed by atoms with Gasteiger partial charge in [-0.15, -0.1) is 0 Å². The number of rotatable bonds is 3. The molecule has 1 N–H and O–H groups in total. The summed E-state index contributed by atoms with van der Waals surface area (Å²) in [6.07, 6.45) is 9.31. The normalized spacial score (nSPS) is 36.7. The van der Waals surface area contributed by atoms with Crippen LogP contribution in [0.25, 0.3) is 0 Å². The molecule has 1 aromatic rings.